The molecule has 0 saturated heterocycles. The maximum atomic E-state index is 13.5. The molecule has 0 saturated carbocycles. The minimum Gasteiger partial charge on any atom is -0.506 e. The average molecular weight is 418 g/mol. The summed E-state index contributed by atoms with van der Waals surface area (Å²) in [6.45, 7) is 7.34. The zero-order valence-corrected chi connectivity index (χ0v) is 16.0. The summed E-state index contributed by atoms with van der Waals surface area (Å²) in [5.41, 5.74) is 0.764. The summed E-state index contributed by atoms with van der Waals surface area (Å²) in [5, 5.41) is 17.3. The fourth-order valence-electron chi connectivity index (χ4n) is 2.46. The van der Waals surface area contributed by atoms with Gasteiger partial charge >= 0.3 is 0 Å². The molecule has 0 unspecified atom stereocenters. The molecule has 7 nitrogen and oxygen atoms in total. The Hall–Kier alpha value is -3.11. The number of nitrogens with zero attached hydrogens (tertiary/aromatic N) is 2. The van der Waals surface area contributed by atoms with Crippen molar-refractivity contribution in [2.24, 2.45) is 0 Å². The van der Waals surface area contributed by atoms with Gasteiger partial charge in [-0.3, -0.25) is 9.82 Å². The molecule has 0 aliphatic carbocycles. The predicted octanol–water partition coefficient (Wildman–Crippen LogP) is 3.89. The van der Waals surface area contributed by atoms with E-state index in [2.05, 4.69) is 33.1 Å². The van der Waals surface area contributed by atoms with Gasteiger partial charge in [0.25, 0.3) is 10.0 Å². The van der Waals surface area contributed by atoms with Crippen molar-refractivity contribution in [1.82, 2.24) is 15.2 Å². The van der Waals surface area contributed by atoms with Gasteiger partial charge in [-0.15, -0.1) is 0 Å². The number of rotatable bonds is 7. The van der Waals surface area contributed by atoms with Crippen molar-refractivity contribution < 1.29 is 17.9 Å². The van der Waals surface area contributed by atoms with Gasteiger partial charge in [0.2, 0.25) is 0 Å². The number of aromatic hydroxyl groups is 1. The molecule has 0 radical (unpaired) electrons. The van der Waals surface area contributed by atoms with E-state index in [0.29, 0.717) is 15.6 Å². The SMILES string of the molecule is C=Cc1c(NS(=O)(=O)c2cccc(F)c2)cc(Sc2ncn[nH]2)c(O)c1C=C. The van der Waals surface area contributed by atoms with Crippen LogP contribution in [0.5, 0.6) is 5.75 Å². The molecule has 0 spiro atoms. The first-order valence-corrected chi connectivity index (χ1v) is 10.1. The van der Waals surface area contributed by atoms with Gasteiger partial charge in [0.15, 0.2) is 5.16 Å². The second-order valence-electron chi connectivity index (χ2n) is 5.46. The van der Waals surface area contributed by atoms with Gasteiger partial charge < -0.3 is 5.11 Å². The van der Waals surface area contributed by atoms with Crippen molar-refractivity contribution in [1.29, 1.82) is 0 Å². The van der Waals surface area contributed by atoms with E-state index in [1.54, 1.807) is 0 Å². The molecule has 28 heavy (non-hydrogen) atoms. The Morgan fingerprint density at radius 3 is 2.57 bits per heavy atom. The van der Waals surface area contributed by atoms with E-state index in [9.17, 15) is 17.9 Å². The first kappa shape index (κ1) is 19.6. The lowest BCUT2D eigenvalue weighted by Gasteiger charge is -2.16. The minimum atomic E-state index is -4.08. The molecular weight excluding hydrogens is 403 g/mol. The number of H-pyrrole nitrogens is 1. The molecule has 0 aliphatic heterocycles. The van der Waals surface area contributed by atoms with Gasteiger partial charge in [-0.25, -0.2) is 17.8 Å². The van der Waals surface area contributed by atoms with Crippen LogP contribution in [-0.4, -0.2) is 28.7 Å². The minimum absolute atomic E-state index is 0.111. The molecule has 3 aromatic rings. The molecular formula is C18H15FN4O3S2. The van der Waals surface area contributed by atoms with Crippen LogP contribution in [0.25, 0.3) is 12.2 Å². The first-order chi connectivity index (χ1) is 13.4. The maximum absolute atomic E-state index is 13.5. The van der Waals surface area contributed by atoms with Crippen molar-refractivity contribution >= 4 is 39.6 Å². The molecule has 1 aromatic heterocycles. The molecule has 3 N–H and O–H groups in total. The highest BCUT2D eigenvalue weighted by Crippen LogP contribution is 2.41. The van der Waals surface area contributed by atoms with Gasteiger partial charge in [0.1, 0.15) is 17.9 Å². The Morgan fingerprint density at radius 1 is 1.21 bits per heavy atom. The molecule has 2 aromatic carbocycles. The number of hydrogen-bond donors (Lipinski definition) is 3. The molecule has 1 heterocycles. The van der Waals surface area contributed by atoms with Crippen LogP contribution in [0.4, 0.5) is 10.1 Å². The highest BCUT2D eigenvalue weighted by atomic mass is 32.2. The molecule has 0 aliphatic rings. The number of halogens is 1. The zero-order chi connectivity index (χ0) is 20.3. The predicted molar refractivity (Wildman–Crippen MR) is 106 cm³/mol. The number of phenolic OH excluding ortho intramolecular Hbond substituents is 1. The van der Waals surface area contributed by atoms with Crippen molar-refractivity contribution in [3.8, 4) is 5.75 Å². The van der Waals surface area contributed by atoms with Crippen LogP contribution >= 0.6 is 11.8 Å². The zero-order valence-electron chi connectivity index (χ0n) is 14.4. The summed E-state index contributed by atoms with van der Waals surface area (Å²) >= 11 is 1.05. The Balaban J connectivity index is 2.11. The van der Waals surface area contributed by atoms with Crippen molar-refractivity contribution in [2.45, 2.75) is 14.9 Å². The van der Waals surface area contributed by atoms with Crippen LogP contribution in [0.15, 0.2) is 64.8 Å². The summed E-state index contributed by atoms with van der Waals surface area (Å²) in [5.74, 6) is -0.786. The fourth-order valence-corrected chi connectivity index (χ4v) is 4.35. The van der Waals surface area contributed by atoms with Gasteiger partial charge in [-0.2, -0.15) is 5.10 Å². The average Bonchev–Trinajstić information content (AvgIpc) is 3.16. The van der Waals surface area contributed by atoms with E-state index < -0.39 is 15.8 Å². The fraction of sp³-hybridized carbons (Fsp3) is 0. The lowest BCUT2D eigenvalue weighted by Crippen LogP contribution is -2.14. The van der Waals surface area contributed by atoms with Gasteiger partial charge in [0.05, 0.1) is 15.5 Å². The van der Waals surface area contributed by atoms with E-state index in [1.807, 2.05) is 0 Å². The number of aromatic amines is 1. The van der Waals surface area contributed by atoms with E-state index in [1.165, 1.54) is 36.7 Å². The number of phenols is 1. The smallest absolute Gasteiger partial charge is 0.262 e. The van der Waals surface area contributed by atoms with Crippen LogP contribution in [-0.2, 0) is 10.0 Å². The van der Waals surface area contributed by atoms with Gasteiger partial charge in [0, 0.05) is 11.1 Å². The van der Waals surface area contributed by atoms with Gasteiger partial charge in [-0.05, 0) is 36.0 Å². The van der Waals surface area contributed by atoms with Crippen LogP contribution in [0, 0.1) is 5.82 Å². The Labute approximate surface area is 165 Å². The number of anilines is 1. The van der Waals surface area contributed by atoms with Crippen molar-refractivity contribution in [3.63, 3.8) is 0 Å². The second kappa shape index (κ2) is 7.87. The number of nitrogens with one attached hydrogen (secondary N) is 2. The summed E-state index contributed by atoms with van der Waals surface area (Å²) < 4.78 is 41.3. The Kier molecular flexibility index (Phi) is 5.52. The molecule has 10 heteroatoms. The van der Waals surface area contributed by atoms with Crippen LogP contribution < -0.4 is 4.72 Å². The number of sulfonamides is 1. The number of benzene rings is 2. The Bertz CT molecular complexity index is 1150. The lowest BCUT2D eigenvalue weighted by atomic mass is 10.0. The van der Waals surface area contributed by atoms with Crippen molar-refractivity contribution in [2.75, 3.05) is 4.72 Å². The molecule has 144 valence electrons. The molecule has 0 bridgehead atoms. The summed E-state index contributed by atoms with van der Waals surface area (Å²) in [6, 6.07) is 6.07. The largest absolute Gasteiger partial charge is 0.506 e. The standard InChI is InChI=1S/C18H15FN4O3S2/c1-3-13-14(4-2)17(24)16(27-18-20-10-21-22-18)9-15(13)23-28(25,26)12-7-5-6-11(19)8-12/h3-10,23-24H,1-2H2,(H,20,21,22). The highest BCUT2D eigenvalue weighted by molar-refractivity contribution is 7.99. The Morgan fingerprint density at radius 2 is 1.96 bits per heavy atom. The third-order valence-corrected chi connectivity index (χ3v) is 5.99. The van der Waals surface area contributed by atoms with Gasteiger partial charge in [-0.1, -0.05) is 31.4 Å². The van der Waals surface area contributed by atoms with Crippen molar-refractivity contribution in [3.05, 3.63) is 66.8 Å². The monoisotopic (exact) mass is 418 g/mol. The molecule has 0 atom stereocenters. The van der Waals surface area contributed by atoms with Crippen LogP contribution in [0.1, 0.15) is 11.1 Å². The third-order valence-electron chi connectivity index (χ3n) is 3.70. The van der Waals surface area contributed by atoms with E-state index in [0.717, 1.165) is 23.9 Å². The highest BCUT2D eigenvalue weighted by Gasteiger charge is 2.21. The summed E-state index contributed by atoms with van der Waals surface area (Å²) in [4.78, 5) is 4.05. The third kappa shape index (κ3) is 3.92. The van der Waals surface area contributed by atoms with E-state index in [-0.39, 0.29) is 21.9 Å². The van der Waals surface area contributed by atoms with E-state index in [4.69, 9.17) is 0 Å². The number of hydrogen-bond acceptors (Lipinski definition) is 6. The molecule has 0 fully saturated rings. The first-order valence-electron chi connectivity index (χ1n) is 7.82. The summed E-state index contributed by atoms with van der Waals surface area (Å²) in [6.07, 6.45) is 4.08. The normalized spacial score (nSPS) is 11.2. The summed E-state index contributed by atoms with van der Waals surface area (Å²) in [7, 11) is -4.08. The maximum Gasteiger partial charge on any atom is 0.262 e. The topological polar surface area (TPSA) is 108 Å². The quantitative estimate of drug-likeness (QED) is 0.503. The second-order valence-corrected chi connectivity index (χ2v) is 8.18. The molecule has 3 rings (SSSR count). The lowest BCUT2D eigenvalue weighted by molar-refractivity contribution is 0.461. The molecule has 0 amide bonds. The van der Waals surface area contributed by atoms with E-state index >= 15 is 0 Å². The van der Waals surface area contributed by atoms with Crippen LogP contribution in [0.3, 0.4) is 0 Å². The van der Waals surface area contributed by atoms with Crippen LogP contribution in [0.2, 0.25) is 0 Å². The number of aromatic nitrogens is 3.